The predicted octanol–water partition coefficient (Wildman–Crippen LogP) is 9.94. The van der Waals surface area contributed by atoms with E-state index in [9.17, 15) is 0 Å². The van der Waals surface area contributed by atoms with Gasteiger partial charge >= 0.3 is 0 Å². The molecule has 1 heteroatoms. The lowest BCUT2D eigenvalue weighted by Crippen LogP contribution is -1.81. The van der Waals surface area contributed by atoms with Gasteiger partial charge in [0.1, 0.15) is 0 Å². The van der Waals surface area contributed by atoms with Crippen LogP contribution in [0.15, 0.2) is 127 Å². The van der Waals surface area contributed by atoms with Crippen molar-refractivity contribution in [1.82, 2.24) is 0 Å². The molecule has 0 aliphatic rings. The van der Waals surface area contributed by atoms with Crippen molar-refractivity contribution in [2.45, 2.75) is 0 Å². The number of hydrogen-bond acceptors (Lipinski definition) is 0. The van der Waals surface area contributed by atoms with Crippen molar-refractivity contribution in [2.24, 2.45) is 0 Å². The number of hydrogen-bond donors (Lipinski definition) is 0. The van der Waals surface area contributed by atoms with E-state index in [1.165, 1.54) is 59.0 Å². The van der Waals surface area contributed by atoms with E-state index in [0.29, 0.717) is 0 Å². The molecular formula is C32H21P. The van der Waals surface area contributed by atoms with Crippen LogP contribution in [-0.2, 0) is 0 Å². The molecule has 0 amide bonds. The lowest BCUT2D eigenvalue weighted by atomic mass is 10.0. The Morgan fingerprint density at radius 2 is 1.03 bits per heavy atom. The second-order valence-electron chi connectivity index (χ2n) is 8.65. The fourth-order valence-electron chi connectivity index (χ4n) is 5.18. The average Bonchev–Trinajstić information content (AvgIpc) is 3.20. The monoisotopic (exact) mass is 436 g/mol. The SMILES string of the molecule is c1ccc(-p2c3ccccc3c3cc4ccccc4cc32)c(-c2ccc3ccccc3c2)c1. The van der Waals surface area contributed by atoms with Gasteiger partial charge in [-0.05, 0) is 61.6 Å². The largest absolute Gasteiger partial charge is 0.0766 e. The lowest BCUT2D eigenvalue weighted by Gasteiger charge is -2.12. The van der Waals surface area contributed by atoms with E-state index in [4.69, 9.17) is 0 Å². The first kappa shape index (κ1) is 18.7. The van der Waals surface area contributed by atoms with E-state index < -0.39 is 7.53 Å². The van der Waals surface area contributed by atoms with Gasteiger partial charge in [-0.2, -0.15) is 0 Å². The smallest absolute Gasteiger partial charge is 0.00749 e. The summed E-state index contributed by atoms with van der Waals surface area (Å²) in [5.41, 5.74) is 2.63. The van der Waals surface area contributed by atoms with E-state index in [2.05, 4.69) is 127 Å². The van der Waals surface area contributed by atoms with E-state index in [1.807, 2.05) is 0 Å². The Bertz CT molecular complexity index is 1820. The zero-order chi connectivity index (χ0) is 21.8. The molecular weight excluding hydrogens is 415 g/mol. The van der Waals surface area contributed by atoms with Crippen molar-refractivity contribution in [2.75, 3.05) is 0 Å². The van der Waals surface area contributed by atoms with E-state index >= 15 is 0 Å². The Labute approximate surface area is 193 Å². The molecule has 1 unspecified atom stereocenters. The summed E-state index contributed by atoms with van der Waals surface area (Å²) >= 11 is 0. The lowest BCUT2D eigenvalue weighted by molar-refractivity contribution is 1.67. The van der Waals surface area contributed by atoms with Crippen LogP contribution < -0.4 is 0 Å². The van der Waals surface area contributed by atoms with Gasteiger partial charge in [-0.25, -0.2) is 0 Å². The van der Waals surface area contributed by atoms with Crippen LogP contribution in [0.2, 0.25) is 0 Å². The molecule has 7 aromatic rings. The third-order valence-corrected chi connectivity index (χ3v) is 9.34. The molecule has 154 valence electrons. The van der Waals surface area contributed by atoms with Crippen LogP contribution in [0.3, 0.4) is 0 Å². The van der Waals surface area contributed by atoms with Crippen molar-refractivity contribution >= 4 is 50.1 Å². The van der Waals surface area contributed by atoms with Crippen molar-refractivity contribution < 1.29 is 0 Å². The molecule has 7 rings (SSSR count). The summed E-state index contributed by atoms with van der Waals surface area (Å²) in [6.45, 7) is 0. The van der Waals surface area contributed by atoms with Crippen molar-refractivity contribution in [3.8, 4) is 16.4 Å². The molecule has 0 fully saturated rings. The third-order valence-electron chi connectivity index (χ3n) is 6.75. The second kappa shape index (κ2) is 7.34. The van der Waals surface area contributed by atoms with Crippen LogP contribution in [0.25, 0.3) is 59.0 Å². The molecule has 1 heterocycles. The Hall–Kier alpha value is -3.86. The number of fused-ring (bicyclic) bond motifs is 5. The van der Waals surface area contributed by atoms with Gasteiger partial charge in [-0.15, -0.1) is 0 Å². The van der Waals surface area contributed by atoms with Crippen molar-refractivity contribution in [1.29, 1.82) is 0 Å². The van der Waals surface area contributed by atoms with Crippen LogP contribution in [0.5, 0.6) is 0 Å². The Balaban J connectivity index is 1.58. The first-order chi connectivity index (χ1) is 16.4. The molecule has 0 N–H and O–H groups in total. The maximum atomic E-state index is 2.44. The summed E-state index contributed by atoms with van der Waals surface area (Å²) in [6, 6.07) is 47.1. The Morgan fingerprint density at radius 3 is 1.88 bits per heavy atom. The van der Waals surface area contributed by atoms with Crippen LogP contribution in [-0.4, -0.2) is 0 Å². The van der Waals surface area contributed by atoms with Crippen LogP contribution in [0.1, 0.15) is 0 Å². The summed E-state index contributed by atoms with van der Waals surface area (Å²) in [4.78, 5) is 0. The predicted molar refractivity (Wildman–Crippen MR) is 146 cm³/mol. The molecule has 0 radical (unpaired) electrons. The van der Waals surface area contributed by atoms with Gasteiger partial charge in [0.15, 0.2) is 0 Å². The molecule has 0 nitrogen and oxygen atoms in total. The number of rotatable bonds is 2. The highest BCUT2D eigenvalue weighted by atomic mass is 31.1. The fourth-order valence-corrected chi connectivity index (χ4v) is 8.01. The van der Waals surface area contributed by atoms with Crippen molar-refractivity contribution in [3.63, 3.8) is 0 Å². The van der Waals surface area contributed by atoms with E-state index in [-0.39, 0.29) is 0 Å². The van der Waals surface area contributed by atoms with E-state index in [0.717, 1.165) is 0 Å². The molecule has 0 spiro atoms. The zero-order valence-electron chi connectivity index (χ0n) is 18.1. The molecule has 33 heavy (non-hydrogen) atoms. The Morgan fingerprint density at radius 1 is 0.394 bits per heavy atom. The average molecular weight is 436 g/mol. The normalized spacial score (nSPS) is 12.2. The summed E-state index contributed by atoms with van der Waals surface area (Å²) < 4.78 is 0. The molecule has 6 aromatic carbocycles. The molecule has 1 atom stereocenters. The molecule has 1 aromatic heterocycles. The maximum Gasteiger partial charge on any atom is 0.00749 e. The van der Waals surface area contributed by atoms with E-state index in [1.54, 1.807) is 0 Å². The highest BCUT2D eigenvalue weighted by molar-refractivity contribution is 7.68. The van der Waals surface area contributed by atoms with Gasteiger partial charge in [-0.1, -0.05) is 117 Å². The first-order valence-electron chi connectivity index (χ1n) is 11.4. The van der Waals surface area contributed by atoms with Gasteiger partial charge < -0.3 is 0 Å². The van der Waals surface area contributed by atoms with Gasteiger partial charge in [0, 0.05) is 15.5 Å². The quantitative estimate of drug-likeness (QED) is 0.253. The maximum absolute atomic E-state index is 2.44. The molecule has 0 aliphatic heterocycles. The number of benzene rings is 6. The van der Waals surface area contributed by atoms with Crippen LogP contribution in [0.4, 0.5) is 0 Å². The highest BCUT2D eigenvalue weighted by Crippen LogP contribution is 2.58. The second-order valence-corrected chi connectivity index (χ2v) is 10.8. The standard InChI is InChI=1S/C32H21P/c1-2-10-23-19-26(18-17-22(23)9-1)27-13-5-7-15-30(27)33-31-16-8-6-14-28(31)29-20-24-11-3-4-12-25(24)21-32(29)33/h1-21H. The summed E-state index contributed by atoms with van der Waals surface area (Å²) in [5, 5.41) is 12.4. The topological polar surface area (TPSA) is 0 Å². The fraction of sp³-hybridized carbons (Fsp3) is 0. The van der Waals surface area contributed by atoms with Crippen molar-refractivity contribution in [3.05, 3.63) is 127 Å². The molecule has 0 saturated heterocycles. The molecule has 0 bridgehead atoms. The summed E-state index contributed by atoms with van der Waals surface area (Å²) in [7, 11) is -0.633. The summed E-state index contributed by atoms with van der Waals surface area (Å²) in [6.07, 6.45) is 0. The van der Waals surface area contributed by atoms with Crippen LogP contribution >= 0.6 is 7.53 Å². The highest BCUT2D eigenvalue weighted by Gasteiger charge is 2.17. The first-order valence-corrected chi connectivity index (χ1v) is 12.7. The third kappa shape index (κ3) is 2.92. The molecule has 0 saturated carbocycles. The van der Waals surface area contributed by atoms with Gasteiger partial charge in [-0.3, -0.25) is 0 Å². The minimum absolute atomic E-state index is 0.633. The minimum Gasteiger partial charge on any atom is -0.0766 e. The van der Waals surface area contributed by atoms with Gasteiger partial charge in [0.05, 0.1) is 0 Å². The summed E-state index contributed by atoms with van der Waals surface area (Å²) in [5.74, 6) is 0. The van der Waals surface area contributed by atoms with Crippen LogP contribution in [0, 0.1) is 0 Å². The Kier molecular flexibility index (Phi) is 4.16. The van der Waals surface area contributed by atoms with Gasteiger partial charge in [0.2, 0.25) is 0 Å². The zero-order valence-corrected chi connectivity index (χ0v) is 19.0. The molecule has 0 aliphatic carbocycles. The minimum atomic E-state index is -0.633. The van der Waals surface area contributed by atoms with Gasteiger partial charge in [0.25, 0.3) is 0 Å².